The first-order chi connectivity index (χ1) is 13.1. The lowest BCUT2D eigenvalue weighted by molar-refractivity contribution is 0.450. The van der Waals surface area contributed by atoms with Gasteiger partial charge in [-0.2, -0.15) is 8.42 Å². The van der Waals surface area contributed by atoms with Gasteiger partial charge >= 0.3 is 10.1 Å². The Labute approximate surface area is 167 Å². The molecular weight excluding hydrogens is 356 g/mol. The van der Waals surface area contributed by atoms with Crippen molar-refractivity contribution in [3.63, 3.8) is 0 Å². The highest BCUT2D eigenvalue weighted by molar-refractivity contribution is 7.86. The second kappa shape index (κ2) is 19.0. The molecule has 0 aliphatic carbocycles. The van der Waals surface area contributed by atoms with Gasteiger partial charge in [-0.1, -0.05) is 113 Å². The largest absolute Gasteiger partial charge is 0.391 e. The summed E-state index contributed by atoms with van der Waals surface area (Å²) in [5.74, 6) is 0. The summed E-state index contributed by atoms with van der Waals surface area (Å²) in [6.45, 7) is 2.26. The molecule has 152 valence electrons. The first kappa shape index (κ1) is 25.2. The Bertz CT molecular complexity index is 606. The summed E-state index contributed by atoms with van der Waals surface area (Å²) in [6, 6.07) is 0. The van der Waals surface area contributed by atoms with E-state index in [2.05, 4.69) is 23.3 Å². The minimum atomic E-state index is -3.41. The predicted molar refractivity (Wildman–Crippen MR) is 118 cm³/mol. The van der Waals surface area contributed by atoms with Crippen molar-refractivity contribution in [1.29, 1.82) is 0 Å². The third-order valence-electron chi connectivity index (χ3n) is 3.67. The molecule has 0 aliphatic rings. The van der Waals surface area contributed by atoms with Gasteiger partial charge in [0.05, 0.1) is 6.26 Å². The van der Waals surface area contributed by atoms with Crippen molar-refractivity contribution in [2.75, 3.05) is 6.26 Å². The van der Waals surface area contributed by atoms with Crippen LogP contribution in [0.1, 0.15) is 64.7 Å². The SMILES string of the molecule is CCCCCCCCCCC=CC=CC=CC=CC=CC=COS(C)(=O)=O. The van der Waals surface area contributed by atoms with Crippen LogP contribution < -0.4 is 0 Å². The summed E-state index contributed by atoms with van der Waals surface area (Å²) in [7, 11) is -3.41. The van der Waals surface area contributed by atoms with E-state index in [0.717, 1.165) is 18.9 Å². The molecule has 0 radical (unpaired) electrons. The highest BCUT2D eigenvalue weighted by atomic mass is 32.2. The second-order valence-corrected chi connectivity index (χ2v) is 7.96. The molecule has 0 spiro atoms. The Morgan fingerprint density at radius 2 is 1.07 bits per heavy atom. The molecule has 0 rings (SSSR count). The van der Waals surface area contributed by atoms with E-state index < -0.39 is 10.1 Å². The molecule has 0 fully saturated rings. The lowest BCUT2D eigenvalue weighted by Crippen LogP contribution is -1.95. The Hall–Kier alpha value is -1.81. The maximum absolute atomic E-state index is 10.7. The van der Waals surface area contributed by atoms with Crippen LogP contribution in [0.5, 0.6) is 0 Å². The summed E-state index contributed by atoms with van der Waals surface area (Å²) < 4.78 is 25.9. The normalized spacial score (nSPS) is 13.6. The predicted octanol–water partition coefficient (Wildman–Crippen LogP) is 6.79. The maximum Gasteiger partial charge on any atom is 0.305 e. The number of hydrogen-bond donors (Lipinski definition) is 0. The topological polar surface area (TPSA) is 43.4 Å². The third kappa shape index (κ3) is 24.2. The summed E-state index contributed by atoms with van der Waals surface area (Å²) >= 11 is 0. The van der Waals surface area contributed by atoms with Crippen molar-refractivity contribution < 1.29 is 12.6 Å². The van der Waals surface area contributed by atoms with Crippen LogP contribution in [-0.4, -0.2) is 14.7 Å². The molecule has 0 heterocycles. The van der Waals surface area contributed by atoms with E-state index in [1.807, 2.05) is 36.5 Å². The average molecular weight is 393 g/mol. The van der Waals surface area contributed by atoms with Gasteiger partial charge in [0.15, 0.2) is 0 Å². The first-order valence-electron chi connectivity index (χ1n) is 9.93. The first-order valence-corrected chi connectivity index (χ1v) is 11.7. The monoisotopic (exact) mass is 392 g/mol. The van der Waals surface area contributed by atoms with E-state index in [-0.39, 0.29) is 0 Å². The van der Waals surface area contributed by atoms with E-state index in [1.165, 1.54) is 57.4 Å². The van der Waals surface area contributed by atoms with E-state index in [1.54, 1.807) is 12.2 Å². The van der Waals surface area contributed by atoms with Crippen molar-refractivity contribution in [1.82, 2.24) is 0 Å². The molecule has 0 amide bonds. The zero-order valence-electron chi connectivity index (χ0n) is 16.9. The van der Waals surface area contributed by atoms with Gasteiger partial charge in [0.2, 0.25) is 0 Å². The van der Waals surface area contributed by atoms with Gasteiger partial charge in [-0.3, -0.25) is 0 Å². The summed E-state index contributed by atoms with van der Waals surface area (Å²) in [5.41, 5.74) is 0. The second-order valence-electron chi connectivity index (χ2n) is 6.36. The molecule has 0 bridgehead atoms. The highest BCUT2D eigenvalue weighted by Gasteiger charge is 1.94. The molecule has 0 aromatic carbocycles. The fraction of sp³-hybridized carbons (Fsp3) is 0.478. The molecule has 0 aromatic rings. The quantitative estimate of drug-likeness (QED) is 0.126. The van der Waals surface area contributed by atoms with Crippen LogP contribution in [0.2, 0.25) is 0 Å². The van der Waals surface area contributed by atoms with Gasteiger partial charge < -0.3 is 4.18 Å². The lowest BCUT2D eigenvalue weighted by Gasteiger charge is -1.99. The summed E-state index contributed by atoms with van der Waals surface area (Å²) in [5, 5.41) is 0. The maximum atomic E-state index is 10.7. The molecule has 0 saturated carbocycles. The van der Waals surface area contributed by atoms with Gasteiger partial charge in [-0.25, -0.2) is 0 Å². The molecule has 0 saturated heterocycles. The zero-order chi connectivity index (χ0) is 20.1. The molecule has 0 N–H and O–H groups in total. The van der Waals surface area contributed by atoms with Gasteiger partial charge in [0.1, 0.15) is 6.26 Å². The third-order valence-corrected chi connectivity index (χ3v) is 4.13. The average Bonchev–Trinajstić information content (AvgIpc) is 2.62. The smallest absolute Gasteiger partial charge is 0.305 e. The number of rotatable bonds is 16. The Morgan fingerprint density at radius 3 is 1.59 bits per heavy atom. The molecule has 0 unspecified atom stereocenters. The van der Waals surface area contributed by atoms with Gasteiger partial charge in [-0.15, -0.1) is 0 Å². The van der Waals surface area contributed by atoms with Crippen LogP contribution in [0, 0.1) is 0 Å². The lowest BCUT2D eigenvalue weighted by atomic mass is 10.1. The molecule has 0 atom stereocenters. The number of unbranched alkanes of at least 4 members (excludes halogenated alkanes) is 8. The van der Waals surface area contributed by atoms with Crippen LogP contribution in [0.3, 0.4) is 0 Å². The standard InChI is InChI=1S/C23H36O3S/c1-3-4-5-6-7-8-9-10-11-12-13-14-15-16-17-18-19-20-21-22-23-26-27(2,24)25/h12-23H,3-11H2,1-2H3. The number of hydrogen-bond acceptors (Lipinski definition) is 3. The van der Waals surface area contributed by atoms with E-state index in [0.29, 0.717) is 0 Å². The van der Waals surface area contributed by atoms with Crippen molar-refractivity contribution in [2.24, 2.45) is 0 Å². The van der Waals surface area contributed by atoms with E-state index >= 15 is 0 Å². The van der Waals surface area contributed by atoms with Crippen LogP contribution in [0.15, 0.2) is 73.1 Å². The minimum absolute atomic E-state index is 1.00. The van der Waals surface area contributed by atoms with Gasteiger partial charge in [0.25, 0.3) is 0 Å². The molecule has 27 heavy (non-hydrogen) atoms. The van der Waals surface area contributed by atoms with Crippen molar-refractivity contribution in [3.8, 4) is 0 Å². The fourth-order valence-corrected chi connectivity index (χ4v) is 2.53. The van der Waals surface area contributed by atoms with Crippen LogP contribution >= 0.6 is 0 Å². The van der Waals surface area contributed by atoms with E-state index in [4.69, 9.17) is 0 Å². The Kier molecular flexibility index (Phi) is 17.7. The van der Waals surface area contributed by atoms with Crippen molar-refractivity contribution >= 4 is 10.1 Å². The zero-order valence-corrected chi connectivity index (χ0v) is 17.7. The van der Waals surface area contributed by atoms with Crippen molar-refractivity contribution in [2.45, 2.75) is 64.7 Å². The van der Waals surface area contributed by atoms with Gasteiger partial charge in [-0.05, 0) is 18.9 Å². The number of allylic oxidation sites excluding steroid dienone is 11. The molecule has 0 aliphatic heterocycles. The minimum Gasteiger partial charge on any atom is -0.391 e. The highest BCUT2D eigenvalue weighted by Crippen LogP contribution is 2.09. The van der Waals surface area contributed by atoms with Crippen LogP contribution in [0.4, 0.5) is 0 Å². The van der Waals surface area contributed by atoms with Crippen LogP contribution in [-0.2, 0) is 14.3 Å². The Balaban J connectivity index is 3.62. The van der Waals surface area contributed by atoms with Crippen molar-refractivity contribution in [3.05, 3.63) is 73.1 Å². The fourth-order valence-electron chi connectivity index (χ4n) is 2.26. The Morgan fingerprint density at radius 1 is 0.630 bits per heavy atom. The molecule has 3 nitrogen and oxygen atoms in total. The van der Waals surface area contributed by atoms with E-state index in [9.17, 15) is 8.42 Å². The molecular formula is C23H36O3S. The van der Waals surface area contributed by atoms with Crippen LogP contribution in [0.25, 0.3) is 0 Å². The summed E-state index contributed by atoms with van der Waals surface area (Å²) in [4.78, 5) is 0. The van der Waals surface area contributed by atoms with Gasteiger partial charge in [0, 0.05) is 0 Å². The summed E-state index contributed by atoms with van der Waals surface area (Å²) in [6.07, 6.45) is 35.2. The molecule has 0 aromatic heterocycles. The molecule has 4 heteroatoms.